The average molecular weight is 361 g/mol. The first kappa shape index (κ1) is 22.0. The molecule has 1 saturated heterocycles. The molecule has 0 aromatic rings. The monoisotopic (exact) mass is 361 g/mol. The number of nitrogens with zero attached hydrogens (tertiary/aromatic N) is 1. The normalized spacial score (nSPS) is 17.9. The first-order chi connectivity index (χ1) is 12.5. The summed E-state index contributed by atoms with van der Waals surface area (Å²) in [5.41, 5.74) is 0. The molecule has 1 aliphatic rings. The Morgan fingerprint density at radius 2 is 2.04 bits per heavy atom. The van der Waals surface area contributed by atoms with E-state index < -0.39 is 0 Å². The summed E-state index contributed by atoms with van der Waals surface area (Å²) in [4.78, 5) is 37.1. The molecule has 1 fully saturated rings. The van der Waals surface area contributed by atoms with Crippen LogP contribution in [0.4, 0.5) is 0 Å². The fraction of sp³-hybridized carbons (Fsp3) is 0.667. The van der Waals surface area contributed by atoms with Crippen molar-refractivity contribution in [3.05, 3.63) is 12.2 Å². The molecule has 144 valence electrons. The first-order valence-corrected chi connectivity index (χ1v) is 9.47. The number of methoxy groups -OCH3 is 1. The van der Waals surface area contributed by atoms with Crippen LogP contribution in [-0.4, -0.2) is 42.3 Å². The fourth-order valence-electron chi connectivity index (χ4n) is 2.98. The van der Waals surface area contributed by atoms with Gasteiger partial charge in [0, 0.05) is 31.7 Å². The van der Waals surface area contributed by atoms with Crippen molar-refractivity contribution in [3.63, 3.8) is 0 Å². The van der Waals surface area contributed by atoms with Crippen molar-refractivity contribution in [3.8, 4) is 11.8 Å². The lowest BCUT2D eigenvalue weighted by molar-refractivity contribution is -0.140. The number of unbranched alkanes of at least 4 members (excludes halogenated alkanes) is 3. The Balaban J connectivity index is 2.38. The molecule has 0 N–H and O–H groups in total. The molecule has 2 atom stereocenters. The Labute approximate surface area is 157 Å². The molecular formula is C21H31NO4. The second-order valence-electron chi connectivity index (χ2n) is 6.73. The summed E-state index contributed by atoms with van der Waals surface area (Å²) in [6.45, 7) is 4.35. The molecular weight excluding hydrogens is 330 g/mol. The summed E-state index contributed by atoms with van der Waals surface area (Å²) in [5.74, 6) is 5.67. The predicted octanol–water partition coefficient (Wildman–Crippen LogP) is 3.28. The number of carbonyl (C=O) groups is 3. The van der Waals surface area contributed by atoms with E-state index in [1.165, 1.54) is 7.11 Å². The molecule has 0 spiro atoms. The van der Waals surface area contributed by atoms with E-state index in [0.717, 1.165) is 32.1 Å². The van der Waals surface area contributed by atoms with Crippen LogP contribution in [0.15, 0.2) is 12.2 Å². The SMILES string of the molecule is CC#CCC(C)C(=O)C=C[C@H]1CCC(=O)N1CCCCCCC(=O)OC. The van der Waals surface area contributed by atoms with E-state index in [9.17, 15) is 14.4 Å². The Bertz CT molecular complexity index is 570. The molecule has 0 saturated carbocycles. The maximum atomic E-state index is 12.1. The Hall–Kier alpha value is -2.09. The second kappa shape index (κ2) is 12.3. The summed E-state index contributed by atoms with van der Waals surface area (Å²) >= 11 is 0. The number of ketones is 1. The zero-order valence-electron chi connectivity index (χ0n) is 16.3. The van der Waals surface area contributed by atoms with Crippen molar-refractivity contribution < 1.29 is 19.1 Å². The molecule has 5 nitrogen and oxygen atoms in total. The van der Waals surface area contributed by atoms with Gasteiger partial charge >= 0.3 is 5.97 Å². The maximum absolute atomic E-state index is 12.1. The van der Waals surface area contributed by atoms with E-state index in [0.29, 0.717) is 25.8 Å². The molecule has 26 heavy (non-hydrogen) atoms. The zero-order valence-corrected chi connectivity index (χ0v) is 16.3. The minimum absolute atomic E-state index is 0.0194. The van der Waals surface area contributed by atoms with Gasteiger partial charge < -0.3 is 9.64 Å². The van der Waals surface area contributed by atoms with Gasteiger partial charge in [0.15, 0.2) is 5.78 Å². The van der Waals surface area contributed by atoms with Gasteiger partial charge in [-0.1, -0.05) is 25.8 Å². The van der Waals surface area contributed by atoms with Gasteiger partial charge in [-0.15, -0.1) is 11.8 Å². The van der Waals surface area contributed by atoms with Crippen LogP contribution in [0.25, 0.3) is 0 Å². The maximum Gasteiger partial charge on any atom is 0.305 e. The fourth-order valence-corrected chi connectivity index (χ4v) is 2.98. The van der Waals surface area contributed by atoms with E-state index in [2.05, 4.69) is 16.6 Å². The Morgan fingerprint density at radius 3 is 2.73 bits per heavy atom. The van der Waals surface area contributed by atoms with Crippen LogP contribution in [0.1, 0.15) is 65.2 Å². The van der Waals surface area contributed by atoms with E-state index in [-0.39, 0.29) is 29.6 Å². The third kappa shape index (κ3) is 7.86. The number of likely N-dealkylation sites (tertiary alicyclic amines) is 1. The average Bonchev–Trinajstić information content (AvgIpc) is 2.99. The summed E-state index contributed by atoms with van der Waals surface area (Å²) in [5, 5.41) is 0. The van der Waals surface area contributed by atoms with E-state index in [1.807, 2.05) is 17.9 Å². The topological polar surface area (TPSA) is 63.7 Å². The van der Waals surface area contributed by atoms with Crippen LogP contribution in [-0.2, 0) is 19.1 Å². The van der Waals surface area contributed by atoms with Crippen molar-refractivity contribution in [2.75, 3.05) is 13.7 Å². The standard InChI is InChI=1S/C21H31NO4/c1-4-5-10-17(2)19(23)14-12-18-13-15-20(24)22(18)16-9-7-6-8-11-21(25)26-3/h12,14,17-18H,6-11,13,15-16H2,1-3H3/t17?,18-/m0/s1. The number of amides is 1. The van der Waals surface area contributed by atoms with Crippen LogP contribution in [0.5, 0.6) is 0 Å². The first-order valence-electron chi connectivity index (χ1n) is 9.47. The van der Waals surface area contributed by atoms with Crippen LogP contribution in [0.2, 0.25) is 0 Å². The Morgan fingerprint density at radius 1 is 1.31 bits per heavy atom. The van der Waals surface area contributed by atoms with Gasteiger partial charge in [0.05, 0.1) is 13.2 Å². The highest BCUT2D eigenvalue weighted by molar-refractivity contribution is 5.92. The van der Waals surface area contributed by atoms with Crippen LogP contribution in [0.3, 0.4) is 0 Å². The minimum Gasteiger partial charge on any atom is -0.469 e. The second-order valence-corrected chi connectivity index (χ2v) is 6.73. The zero-order chi connectivity index (χ0) is 19.4. The van der Waals surface area contributed by atoms with Crippen molar-refractivity contribution in [1.29, 1.82) is 0 Å². The van der Waals surface area contributed by atoms with Gasteiger partial charge in [-0.05, 0) is 32.3 Å². The molecule has 5 heteroatoms. The molecule has 1 aliphatic heterocycles. The van der Waals surface area contributed by atoms with Gasteiger partial charge in [-0.25, -0.2) is 0 Å². The summed E-state index contributed by atoms with van der Waals surface area (Å²) in [7, 11) is 1.40. The number of esters is 1. The highest BCUT2D eigenvalue weighted by Crippen LogP contribution is 2.21. The minimum atomic E-state index is -0.172. The molecule has 1 heterocycles. The molecule has 0 radical (unpaired) electrons. The number of ether oxygens (including phenoxy) is 1. The third-order valence-electron chi connectivity index (χ3n) is 4.69. The molecule has 0 bridgehead atoms. The number of hydrogen-bond donors (Lipinski definition) is 0. The van der Waals surface area contributed by atoms with E-state index in [1.54, 1.807) is 13.0 Å². The Kier molecular flexibility index (Phi) is 10.4. The van der Waals surface area contributed by atoms with E-state index in [4.69, 9.17) is 0 Å². The van der Waals surface area contributed by atoms with Gasteiger partial charge in [0.25, 0.3) is 0 Å². The largest absolute Gasteiger partial charge is 0.469 e. The quantitative estimate of drug-likeness (QED) is 0.245. The van der Waals surface area contributed by atoms with Gasteiger partial charge in [-0.3, -0.25) is 14.4 Å². The van der Waals surface area contributed by atoms with Crippen LogP contribution in [0, 0.1) is 17.8 Å². The summed E-state index contributed by atoms with van der Waals surface area (Å²) in [6, 6.07) is 0.0194. The highest BCUT2D eigenvalue weighted by Gasteiger charge is 2.28. The number of carbonyl (C=O) groups excluding carboxylic acids is 3. The lowest BCUT2D eigenvalue weighted by Crippen LogP contribution is -2.32. The number of hydrogen-bond acceptors (Lipinski definition) is 4. The molecule has 0 aromatic heterocycles. The lowest BCUT2D eigenvalue weighted by Gasteiger charge is -2.22. The van der Waals surface area contributed by atoms with Crippen molar-refractivity contribution in [1.82, 2.24) is 4.90 Å². The van der Waals surface area contributed by atoms with Crippen molar-refractivity contribution >= 4 is 17.7 Å². The third-order valence-corrected chi connectivity index (χ3v) is 4.69. The summed E-state index contributed by atoms with van der Waals surface area (Å²) in [6.07, 6.45) is 9.48. The predicted molar refractivity (Wildman–Crippen MR) is 101 cm³/mol. The molecule has 1 rings (SSSR count). The lowest BCUT2D eigenvalue weighted by atomic mass is 10.0. The van der Waals surface area contributed by atoms with Crippen molar-refractivity contribution in [2.45, 2.75) is 71.3 Å². The summed E-state index contributed by atoms with van der Waals surface area (Å²) < 4.78 is 4.62. The molecule has 0 aromatic carbocycles. The van der Waals surface area contributed by atoms with Crippen LogP contribution < -0.4 is 0 Å². The van der Waals surface area contributed by atoms with E-state index >= 15 is 0 Å². The van der Waals surface area contributed by atoms with Gasteiger partial charge in [-0.2, -0.15) is 0 Å². The van der Waals surface area contributed by atoms with Gasteiger partial charge in [0.2, 0.25) is 5.91 Å². The smallest absolute Gasteiger partial charge is 0.305 e. The molecule has 1 unspecified atom stereocenters. The van der Waals surface area contributed by atoms with Gasteiger partial charge in [0.1, 0.15) is 0 Å². The number of rotatable bonds is 11. The molecule has 1 amide bonds. The highest BCUT2D eigenvalue weighted by atomic mass is 16.5. The molecule has 0 aliphatic carbocycles. The van der Waals surface area contributed by atoms with Crippen molar-refractivity contribution in [2.24, 2.45) is 5.92 Å². The number of allylic oxidation sites excluding steroid dienone is 1. The van der Waals surface area contributed by atoms with Crippen LogP contribution >= 0.6 is 0 Å².